The first-order valence-electron chi connectivity index (χ1n) is 7.13. The zero-order valence-electron chi connectivity index (χ0n) is 12.0. The summed E-state index contributed by atoms with van der Waals surface area (Å²) in [4.78, 5) is 21.3. The summed E-state index contributed by atoms with van der Waals surface area (Å²) in [6.45, 7) is 0. The molecule has 0 amide bonds. The summed E-state index contributed by atoms with van der Waals surface area (Å²) in [7, 11) is 1.73. The van der Waals surface area contributed by atoms with Crippen molar-refractivity contribution in [3.8, 4) is 0 Å². The molecule has 0 atom stereocenters. The summed E-state index contributed by atoms with van der Waals surface area (Å²) in [6, 6.07) is 7.36. The van der Waals surface area contributed by atoms with Crippen LogP contribution in [0.3, 0.4) is 0 Å². The van der Waals surface area contributed by atoms with E-state index in [1.54, 1.807) is 17.7 Å². The third-order valence-electron chi connectivity index (χ3n) is 3.68. The van der Waals surface area contributed by atoms with Crippen LogP contribution in [0.5, 0.6) is 0 Å². The summed E-state index contributed by atoms with van der Waals surface area (Å²) >= 11 is 1.44. The summed E-state index contributed by atoms with van der Waals surface area (Å²) < 4.78 is 6.80. The lowest BCUT2D eigenvalue weighted by Gasteiger charge is -2.07. The molecule has 2 heterocycles. The summed E-state index contributed by atoms with van der Waals surface area (Å²) in [5.74, 6) is 2.37. The van der Waals surface area contributed by atoms with Crippen LogP contribution in [0.1, 0.15) is 30.5 Å². The lowest BCUT2D eigenvalue weighted by molar-refractivity contribution is 0.375. The van der Waals surface area contributed by atoms with Crippen molar-refractivity contribution in [1.82, 2.24) is 19.7 Å². The molecule has 7 heteroatoms. The third kappa shape index (κ3) is 2.41. The molecule has 0 N–H and O–H groups in total. The standard InChI is InChI=1S/C15H14N4O2S/c1-19-14(20)10-4-2-3-5-11(10)16-15(19)22-8-12-17-13(21-18-12)9-6-7-9/h2-5,9H,6-8H2,1H3. The molecule has 0 radical (unpaired) electrons. The molecule has 0 aliphatic heterocycles. The van der Waals surface area contributed by atoms with Crippen LogP contribution in [0.4, 0.5) is 0 Å². The highest BCUT2D eigenvalue weighted by atomic mass is 32.2. The molecule has 3 aromatic rings. The first-order valence-corrected chi connectivity index (χ1v) is 8.12. The van der Waals surface area contributed by atoms with Crippen LogP contribution in [0.25, 0.3) is 10.9 Å². The Bertz CT molecular complexity index is 898. The van der Waals surface area contributed by atoms with E-state index in [-0.39, 0.29) is 5.56 Å². The number of hydrogen-bond acceptors (Lipinski definition) is 6. The van der Waals surface area contributed by atoms with Crippen LogP contribution in [-0.4, -0.2) is 19.7 Å². The first-order chi connectivity index (χ1) is 10.7. The van der Waals surface area contributed by atoms with E-state index in [4.69, 9.17) is 4.52 Å². The molecule has 0 unspecified atom stereocenters. The monoisotopic (exact) mass is 314 g/mol. The second-order valence-electron chi connectivity index (χ2n) is 5.39. The minimum atomic E-state index is -0.0418. The number of benzene rings is 1. The van der Waals surface area contributed by atoms with Crippen molar-refractivity contribution in [2.75, 3.05) is 0 Å². The normalized spacial score (nSPS) is 14.6. The number of aromatic nitrogens is 4. The average molecular weight is 314 g/mol. The molecule has 0 spiro atoms. The van der Waals surface area contributed by atoms with Crippen molar-refractivity contribution in [2.24, 2.45) is 7.05 Å². The highest BCUT2D eigenvalue weighted by molar-refractivity contribution is 7.98. The fourth-order valence-electron chi connectivity index (χ4n) is 2.28. The van der Waals surface area contributed by atoms with E-state index in [1.165, 1.54) is 11.8 Å². The van der Waals surface area contributed by atoms with Gasteiger partial charge in [-0.3, -0.25) is 9.36 Å². The number of rotatable bonds is 4. The average Bonchev–Trinajstić information content (AvgIpc) is 3.28. The fourth-order valence-corrected chi connectivity index (χ4v) is 3.09. The topological polar surface area (TPSA) is 73.8 Å². The Morgan fingerprint density at radius 3 is 2.95 bits per heavy atom. The molecule has 0 saturated heterocycles. The minimum absolute atomic E-state index is 0.0418. The van der Waals surface area contributed by atoms with Gasteiger partial charge in [0.1, 0.15) is 0 Å². The molecule has 1 aliphatic carbocycles. The van der Waals surface area contributed by atoms with Gasteiger partial charge < -0.3 is 4.52 Å². The van der Waals surface area contributed by atoms with Gasteiger partial charge in [0.15, 0.2) is 11.0 Å². The highest BCUT2D eigenvalue weighted by Crippen LogP contribution is 2.39. The molecule has 0 bridgehead atoms. The predicted molar refractivity (Wildman–Crippen MR) is 82.8 cm³/mol. The van der Waals surface area contributed by atoms with Gasteiger partial charge in [0.05, 0.1) is 16.7 Å². The molecule has 1 aromatic carbocycles. The molecular weight excluding hydrogens is 300 g/mol. The van der Waals surface area contributed by atoms with E-state index in [2.05, 4.69) is 15.1 Å². The minimum Gasteiger partial charge on any atom is -0.339 e. The van der Waals surface area contributed by atoms with E-state index in [1.807, 2.05) is 18.2 Å². The van der Waals surface area contributed by atoms with E-state index < -0.39 is 0 Å². The Hall–Kier alpha value is -2.15. The van der Waals surface area contributed by atoms with Crippen molar-refractivity contribution in [2.45, 2.75) is 29.7 Å². The Labute approximate surface area is 130 Å². The molecule has 6 nitrogen and oxygen atoms in total. The fraction of sp³-hybridized carbons (Fsp3) is 0.333. The van der Waals surface area contributed by atoms with E-state index >= 15 is 0 Å². The van der Waals surface area contributed by atoms with Gasteiger partial charge in [0.2, 0.25) is 5.89 Å². The first kappa shape index (κ1) is 13.5. The van der Waals surface area contributed by atoms with Gasteiger partial charge in [-0.25, -0.2) is 4.98 Å². The molecule has 1 saturated carbocycles. The van der Waals surface area contributed by atoms with Crippen molar-refractivity contribution in [3.63, 3.8) is 0 Å². The van der Waals surface area contributed by atoms with E-state index in [9.17, 15) is 4.79 Å². The number of nitrogens with zero attached hydrogens (tertiary/aromatic N) is 4. The van der Waals surface area contributed by atoms with Crippen molar-refractivity contribution >= 4 is 22.7 Å². The Balaban J connectivity index is 1.60. The SMILES string of the molecule is Cn1c(SCc2noc(C3CC3)n2)nc2ccccc2c1=O. The maximum atomic E-state index is 12.3. The van der Waals surface area contributed by atoms with E-state index in [0.29, 0.717) is 33.6 Å². The lowest BCUT2D eigenvalue weighted by Crippen LogP contribution is -2.19. The van der Waals surface area contributed by atoms with Gasteiger partial charge in [-0.05, 0) is 25.0 Å². The predicted octanol–water partition coefficient (Wildman–Crippen LogP) is 2.49. The number of para-hydroxylation sites is 1. The molecule has 1 aliphatic rings. The molecule has 1 fully saturated rings. The van der Waals surface area contributed by atoms with E-state index in [0.717, 1.165) is 18.7 Å². The van der Waals surface area contributed by atoms with Crippen LogP contribution >= 0.6 is 11.8 Å². The Morgan fingerprint density at radius 2 is 2.14 bits per heavy atom. The van der Waals surface area contributed by atoms with Gasteiger partial charge >= 0.3 is 0 Å². The van der Waals surface area contributed by atoms with Crippen LogP contribution in [0.15, 0.2) is 38.7 Å². The largest absolute Gasteiger partial charge is 0.339 e. The van der Waals surface area contributed by atoms with Crippen molar-refractivity contribution in [3.05, 3.63) is 46.3 Å². The molecule has 4 rings (SSSR count). The molecule has 112 valence electrons. The van der Waals surface area contributed by atoms with Crippen LogP contribution in [-0.2, 0) is 12.8 Å². The lowest BCUT2D eigenvalue weighted by atomic mass is 10.2. The summed E-state index contributed by atoms with van der Waals surface area (Å²) in [5.41, 5.74) is 0.666. The third-order valence-corrected chi connectivity index (χ3v) is 4.71. The van der Waals surface area contributed by atoms with Gasteiger partial charge in [0.25, 0.3) is 5.56 Å². The second-order valence-corrected chi connectivity index (χ2v) is 6.33. The zero-order chi connectivity index (χ0) is 15.1. The van der Waals surface area contributed by atoms with Crippen molar-refractivity contribution in [1.29, 1.82) is 0 Å². The number of fused-ring (bicyclic) bond motifs is 1. The highest BCUT2D eigenvalue weighted by Gasteiger charge is 2.29. The van der Waals surface area contributed by atoms with Crippen molar-refractivity contribution < 1.29 is 4.52 Å². The maximum absolute atomic E-state index is 12.3. The van der Waals surface area contributed by atoms with Crippen LogP contribution in [0, 0.1) is 0 Å². The van der Waals surface area contributed by atoms with Gasteiger partial charge in [-0.15, -0.1) is 0 Å². The van der Waals surface area contributed by atoms with Crippen LogP contribution < -0.4 is 5.56 Å². The number of hydrogen-bond donors (Lipinski definition) is 0. The smallest absolute Gasteiger partial charge is 0.261 e. The summed E-state index contributed by atoms with van der Waals surface area (Å²) in [6.07, 6.45) is 2.27. The van der Waals surface area contributed by atoms with Crippen LogP contribution in [0.2, 0.25) is 0 Å². The van der Waals surface area contributed by atoms with Gasteiger partial charge in [-0.2, -0.15) is 4.98 Å². The van der Waals surface area contributed by atoms with Gasteiger partial charge in [0, 0.05) is 13.0 Å². The quantitative estimate of drug-likeness (QED) is 0.544. The zero-order valence-corrected chi connectivity index (χ0v) is 12.8. The second kappa shape index (κ2) is 5.24. The summed E-state index contributed by atoms with van der Waals surface area (Å²) in [5, 5.41) is 5.27. The maximum Gasteiger partial charge on any atom is 0.261 e. The number of thioether (sulfide) groups is 1. The molecule has 22 heavy (non-hydrogen) atoms. The molecule has 2 aromatic heterocycles. The Kier molecular flexibility index (Phi) is 3.22. The molecular formula is C15H14N4O2S. The van der Waals surface area contributed by atoms with Gasteiger partial charge in [-0.1, -0.05) is 29.1 Å². The Morgan fingerprint density at radius 1 is 1.32 bits per heavy atom.